The van der Waals surface area contributed by atoms with Crippen molar-refractivity contribution in [3.05, 3.63) is 29.3 Å². The van der Waals surface area contributed by atoms with E-state index in [1.54, 1.807) is 6.07 Å². The number of piperazine rings is 1. The van der Waals surface area contributed by atoms with E-state index in [1.165, 1.54) is 21.1 Å². The number of nitriles is 1. The van der Waals surface area contributed by atoms with Crippen molar-refractivity contribution < 1.29 is 8.42 Å². The van der Waals surface area contributed by atoms with Gasteiger partial charge in [0.25, 0.3) is 0 Å². The number of hydrogen-bond donors (Lipinski definition) is 0. The van der Waals surface area contributed by atoms with Gasteiger partial charge in [0, 0.05) is 31.9 Å². The second-order valence-corrected chi connectivity index (χ2v) is 6.99. The average molecular weight is 293 g/mol. The van der Waals surface area contributed by atoms with Crippen LogP contribution in [0.15, 0.2) is 18.2 Å². The van der Waals surface area contributed by atoms with Crippen LogP contribution < -0.4 is 4.90 Å². The molecule has 108 valence electrons. The smallest absolute Gasteiger partial charge is 0.227 e. The van der Waals surface area contributed by atoms with E-state index in [1.807, 2.05) is 6.07 Å². The molecule has 1 aromatic carbocycles. The van der Waals surface area contributed by atoms with Crippen LogP contribution >= 0.6 is 0 Å². The molecular weight excluding hydrogens is 274 g/mol. The molecular formula is C14H19N3O2S. The van der Waals surface area contributed by atoms with Crippen molar-refractivity contribution in [2.24, 2.45) is 0 Å². The second-order valence-electron chi connectivity index (χ2n) is 5.02. The third-order valence-electron chi connectivity index (χ3n) is 3.80. The van der Waals surface area contributed by atoms with Gasteiger partial charge in [-0.1, -0.05) is 12.1 Å². The summed E-state index contributed by atoms with van der Waals surface area (Å²) in [5.74, 6) is -0.434. The zero-order valence-electron chi connectivity index (χ0n) is 11.8. The van der Waals surface area contributed by atoms with Gasteiger partial charge in [0.2, 0.25) is 10.0 Å². The van der Waals surface area contributed by atoms with E-state index >= 15 is 0 Å². The molecule has 0 unspecified atom stereocenters. The van der Waals surface area contributed by atoms with Crippen LogP contribution in [0.5, 0.6) is 0 Å². The highest BCUT2D eigenvalue weighted by Crippen LogP contribution is 2.24. The summed E-state index contributed by atoms with van der Waals surface area (Å²) >= 11 is 0. The molecule has 0 bridgehead atoms. The lowest BCUT2D eigenvalue weighted by molar-refractivity contribution is 0.386. The summed E-state index contributed by atoms with van der Waals surface area (Å²) in [6.45, 7) is 6.37. The number of rotatable bonds is 3. The maximum Gasteiger partial charge on any atom is 0.227 e. The molecule has 0 saturated carbocycles. The first-order valence-corrected chi connectivity index (χ1v) is 8.22. The van der Waals surface area contributed by atoms with Gasteiger partial charge in [-0.15, -0.1) is 0 Å². The molecule has 2 rings (SSSR count). The minimum atomic E-state index is -3.41. The highest BCUT2D eigenvalue weighted by atomic mass is 32.2. The normalized spacial score (nSPS) is 16.9. The first kappa shape index (κ1) is 14.8. The molecule has 20 heavy (non-hydrogen) atoms. The molecule has 0 aromatic heterocycles. The topological polar surface area (TPSA) is 64.4 Å². The van der Waals surface area contributed by atoms with Gasteiger partial charge in [-0.2, -0.15) is 9.57 Å². The lowest BCUT2D eigenvalue weighted by Gasteiger charge is -2.36. The summed E-state index contributed by atoms with van der Waals surface area (Å²) in [7, 11) is -3.41. The molecule has 1 fully saturated rings. The lowest BCUT2D eigenvalue weighted by Crippen LogP contribution is -2.49. The molecule has 0 N–H and O–H groups in total. The molecule has 1 heterocycles. The first-order valence-electron chi connectivity index (χ1n) is 6.61. The maximum atomic E-state index is 11.8. The molecule has 1 aromatic rings. The minimum absolute atomic E-state index is 0.434. The Bertz CT molecular complexity index is 626. The summed E-state index contributed by atoms with van der Waals surface area (Å²) in [4.78, 5) is 2.21. The van der Waals surface area contributed by atoms with Crippen molar-refractivity contribution in [3.63, 3.8) is 0 Å². The SMILES string of the molecule is Cc1cccc(N2CCN(S(=O)(=O)CC#N)CC2)c1C. The van der Waals surface area contributed by atoms with Gasteiger partial charge in [0.15, 0.2) is 5.75 Å². The third kappa shape index (κ3) is 2.94. The summed E-state index contributed by atoms with van der Waals surface area (Å²) in [5.41, 5.74) is 3.64. The van der Waals surface area contributed by atoms with Gasteiger partial charge in [0.05, 0.1) is 6.07 Å². The molecule has 0 atom stereocenters. The summed E-state index contributed by atoms with van der Waals surface area (Å²) in [6, 6.07) is 7.89. The summed E-state index contributed by atoms with van der Waals surface area (Å²) in [5, 5.41) is 8.56. The predicted molar refractivity (Wildman–Crippen MR) is 79.1 cm³/mol. The van der Waals surface area contributed by atoms with E-state index in [0.717, 1.165) is 0 Å². The lowest BCUT2D eigenvalue weighted by atomic mass is 10.1. The third-order valence-corrected chi connectivity index (χ3v) is 5.44. The molecule has 0 amide bonds. The van der Waals surface area contributed by atoms with Crippen molar-refractivity contribution >= 4 is 15.7 Å². The number of benzene rings is 1. The van der Waals surface area contributed by atoms with Crippen molar-refractivity contribution in [3.8, 4) is 6.07 Å². The Morgan fingerprint density at radius 1 is 1.20 bits per heavy atom. The molecule has 0 spiro atoms. The Kier molecular flexibility index (Phi) is 4.31. The summed E-state index contributed by atoms with van der Waals surface area (Å²) in [6.07, 6.45) is 0. The van der Waals surface area contributed by atoms with Crippen LogP contribution in [0.3, 0.4) is 0 Å². The van der Waals surface area contributed by atoms with Gasteiger partial charge < -0.3 is 4.90 Å². The van der Waals surface area contributed by atoms with Crippen LogP contribution in [0.2, 0.25) is 0 Å². The molecule has 5 nitrogen and oxygen atoms in total. The summed E-state index contributed by atoms with van der Waals surface area (Å²) < 4.78 is 25.1. The van der Waals surface area contributed by atoms with Gasteiger partial charge in [-0.3, -0.25) is 0 Å². The maximum absolute atomic E-state index is 11.8. The molecule has 0 radical (unpaired) electrons. The number of hydrogen-bond acceptors (Lipinski definition) is 4. The molecule has 1 saturated heterocycles. The van der Waals surface area contributed by atoms with Crippen molar-refractivity contribution in [1.82, 2.24) is 4.31 Å². The van der Waals surface area contributed by atoms with Crippen LogP contribution in [-0.4, -0.2) is 44.7 Å². The Morgan fingerprint density at radius 2 is 1.85 bits per heavy atom. The zero-order valence-corrected chi connectivity index (χ0v) is 12.7. The number of anilines is 1. The fraction of sp³-hybridized carbons (Fsp3) is 0.500. The van der Waals surface area contributed by atoms with Gasteiger partial charge in [0.1, 0.15) is 0 Å². The van der Waals surface area contributed by atoms with Crippen LogP contribution in [0.25, 0.3) is 0 Å². The van der Waals surface area contributed by atoms with E-state index in [-0.39, 0.29) is 0 Å². The quantitative estimate of drug-likeness (QED) is 0.842. The largest absolute Gasteiger partial charge is 0.369 e. The van der Waals surface area contributed by atoms with Crippen molar-refractivity contribution in [2.75, 3.05) is 36.8 Å². The molecule has 6 heteroatoms. The highest BCUT2D eigenvalue weighted by Gasteiger charge is 2.27. The average Bonchev–Trinajstić information content (AvgIpc) is 2.42. The highest BCUT2D eigenvalue weighted by molar-refractivity contribution is 7.89. The fourth-order valence-electron chi connectivity index (χ4n) is 2.46. The Balaban J connectivity index is 2.09. The predicted octanol–water partition coefficient (Wildman–Crippen LogP) is 1.28. The number of aryl methyl sites for hydroxylation is 1. The van der Waals surface area contributed by atoms with Crippen LogP contribution in [0.1, 0.15) is 11.1 Å². The van der Waals surface area contributed by atoms with E-state index in [0.29, 0.717) is 26.2 Å². The Labute approximate surface area is 120 Å². The Hall–Kier alpha value is -1.58. The fourth-order valence-corrected chi connectivity index (χ4v) is 3.52. The van der Waals surface area contributed by atoms with Gasteiger partial charge in [-0.25, -0.2) is 8.42 Å². The molecule has 0 aliphatic carbocycles. The van der Waals surface area contributed by atoms with E-state index in [2.05, 4.69) is 30.9 Å². The molecule has 1 aliphatic rings. The first-order chi connectivity index (χ1) is 9.45. The number of nitrogens with zero attached hydrogens (tertiary/aromatic N) is 3. The van der Waals surface area contributed by atoms with Crippen LogP contribution in [0, 0.1) is 25.2 Å². The van der Waals surface area contributed by atoms with Crippen molar-refractivity contribution in [2.45, 2.75) is 13.8 Å². The van der Waals surface area contributed by atoms with E-state index in [4.69, 9.17) is 5.26 Å². The van der Waals surface area contributed by atoms with E-state index in [9.17, 15) is 8.42 Å². The minimum Gasteiger partial charge on any atom is -0.369 e. The van der Waals surface area contributed by atoms with E-state index < -0.39 is 15.8 Å². The standard InChI is InChI=1S/C14H19N3O2S/c1-12-4-3-5-14(13(12)2)16-7-9-17(10-8-16)20(18,19)11-6-15/h3-5H,7-11H2,1-2H3. The zero-order chi connectivity index (χ0) is 14.8. The van der Waals surface area contributed by atoms with Crippen LogP contribution in [0.4, 0.5) is 5.69 Å². The second kappa shape index (κ2) is 5.81. The monoisotopic (exact) mass is 293 g/mol. The Morgan fingerprint density at radius 3 is 2.45 bits per heavy atom. The number of sulfonamides is 1. The van der Waals surface area contributed by atoms with Gasteiger partial charge >= 0.3 is 0 Å². The van der Waals surface area contributed by atoms with Crippen molar-refractivity contribution in [1.29, 1.82) is 5.26 Å². The molecule has 1 aliphatic heterocycles. The van der Waals surface area contributed by atoms with Crippen LogP contribution in [-0.2, 0) is 10.0 Å². The van der Waals surface area contributed by atoms with Gasteiger partial charge in [-0.05, 0) is 31.0 Å².